The first kappa shape index (κ1) is 11.7. The lowest BCUT2D eigenvalue weighted by Gasteiger charge is -2.16. The average Bonchev–Trinajstić information content (AvgIpc) is 2.89. The summed E-state index contributed by atoms with van der Waals surface area (Å²) in [5.41, 5.74) is 7.60. The first-order valence-electron chi connectivity index (χ1n) is 5.99. The Bertz CT molecular complexity index is 660. The van der Waals surface area contributed by atoms with Crippen LogP contribution in [-0.2, 0) is 6.42 Å². The molecular formula is C13H14N4O2. The number of ether oxygens (including phenoxy) is 1. The second-order valence-electron chi connectivity index (χ2n) is 5.25. The van der Waals surface area contributed by atoms with E-state index in [1.54, 1.807) is 0 Å². The predicted molar refractivity (Wildman–Crippen MR) is 68.7 cm³/mol. The van der Waals surface area contributed by atoms with E-state index in [-0.39, 0.29) is 11.3 Å². The molecule has 98 valence electrons. The molecule has 0 fully saturated rings. The number of rotatable bonds is 2. The monoisotopic (exact) mass is 258 g/mol. The first-order valence-corrected chi connectivity index (χ1v) is 5.99. The molecule has 0 radical (unpaired) electrons. The van der Waals surface area contributed by atoms with Gasteiger partial charge in [-0.25, -0.2) is 0 Å². The molecule has 6 nitrogen and oxygen atoms in total. The zero-order valence-electron chi connectivity index (χ0n) is 10.7. The van der Waals surface area contributed by atoms with Crippen molar-refractivity contribution in [2.75, 3.05) is 0 Å². The molecule has 0 spiro atoms. The number of hydrogen-bond donors (Lipinski definition) is 2. The number of benzene rings is 1. The molecule has 0 saturated heterocycles. The van der Waals surface area contributed by atoms with Gasteiger partial charge < -0.3 is 10.5 Å². The summed E-state index contributed by atoms with van der Waals surface area (Å²) in [5, 5.41) is 10.2. The van der Waals surface area contributed by atoms with E-state index in [1.807, 2.05) is 32.0 Å². The number of carbonyl (C=O) groups excluding carboxylic acids is 1. The number of nitrogens with two attached hydrogens (primary N) is 1. The van der Waals surface area contributed by atoms with Gasteiger partial charge in [0.2, 0.25) is 0 Å². The Kier molecular flexibility index (Phi) is 2.35. The molecule has 0 atom stereocenters. The zero-order valence-corrected chi connectivity index (χ0v) is 10.7. The van der Waals surface area contributed by atoms with Gasteiger partial charge >= 0.3 is 0 Å². The molecule has 1 amide bonds. The summed E-state index contributed by atoms with van der Waals surface area (Å²) in [7, 11) is 0. The molecule has 3 rings (SSSR count). The van der Waals surface area contributed by atoms with Gasteiger partial charge in [-0.1, -0.05) is 0 Å². The maximum Gasteiger partial charge on any atom is 0.271 e. The zero-order chi connectivity index (χ0) is 13.6. The summed E-state index contributed by atoms with van der Waals surface area (Å²) in [6.45, 7) is 4.08. The van der Waals surface area contributed by atoms with Crippen molar-refractivity contribution in [3.8, 4) is 17.0 Å². The van der Waals surface area contributed by atoms with Crippen LogP contribution in [0.25, 0.3) is 11.3 Å². The van der Waals surface area contributed by atoms with Crippen LogP contribution in [0.4, 0.5) is 0 Å². The van der Waals surface area contributed by atoms with E-state index in [0.717, 1.165) is 23.3 Å². The fourth-order valence-corrected chi connectivity index (χ4v) is 2.36. The molecule has 0 saturated carbocycles. The minimum absolute atomic E-state index is 0.151. The molecule has 6 heteroatoms. The first-order chi connectivity index (χ1) is 8.96. The quantitative estimate of drug-likeness (QED) is 0.848. The van der Waals surface area contributed by atoms with Crippen molar-refractivity contribution in [2.24, 2.45) is 5.73 Å². The van der Waals surface area contributed by atoms with E-state index in [4.69, 9.17) is 10.5 Å². The molecule has 2 aromatic rings. The summed E-state index contributed by atoms with van der Waals surface area (Å²) < 4.78 is 5.81. The van der Waals surface area contributed by atoms with Crippen molar-refractivity contribution >= 4 is 5.91 Å². The average molecular weight is 258 g/mol. The van der Waals surface area contributed by atoms with Gasteiger partial charge in [-0.2, -0.15) is 15.4 Å². The molecule has 19 heavy (non-hydrogen) atoms. The summed E-state index contributed by atoms with van der Waals surface area (Å²) in [4.78, 5) is 11.3. The molecule has 1 aromatic carbocycles. The van der Waals surface area contributed by atoms with Crippen LogP contribution in [0, 0.1) is 0 Å². The van der Waals surface area contributed by atoms with E-state index in [0.29, 0.717) is 5.69 Å². The molecule has 0 unspecified atom stereocenters. The lowest BCUT2D eigenvalue weighted by atomic mass is 9.99. The van der Waals surface area contributed by atoms with E-state index in [2.05, 4.69) is 15.4 Å². The van der Waals surface area contributed by atoms with Gasteiger partial charge in [-0.05, 0) is 37.6 Å². The fourth-order valence-electron chi connectivity index (χ4n) is 2.36. The summed E-state index contributed by atoms with van der Waals surface area (Å²) in [6.07, 6.45) is 0.819. The predicted octanol–water partition coefficient (Wildman–Crippen LogP) is 1.28. The smallest absolute Gasteiger partial charge is 0.271 e. The minimum atomic E-state index is -0.596. The van der Waals surface area contributed by atoms with Gasteiger partial charge in [0.25, 0.3) is 5.91 Å². The molecule has 2 heterocycles. The highest BCUT2D eigenvalue weighted by Crippen LogP contribution is 2.37. The third kappa shape index (κ3) is 1.95. The van der Waals surface area contributed by atoms with Crippen molar-refractivity contribution in [2.45, 2.75) is 25.9 Å². The molecule has 3 N–H and O–H groups in total. The third-order valence-electron chi connectivity index (χ3n) is 3.12. The van der Waals surface area contributed by atoms with Crippen molar-refractivity contribution in [1.29, 1.82) is 0 Å². The Morgan fingerprint density at radius 2 is 2.21 bits per heavy atom. The van der Waals surface area contributed by atoms with E-state index >= 15 is 0 Å². The number of amides is 1. The number of aromatic amines is 1. The van der Waals surface area contributed by atoms with Crippen LogP contribution in [0.15, 0.2) is 18.2 Å². The Morgan fingerprint density at radius 3 is 2.95 bits per heavy atom. The van der Waals surface area contributed by atoms with Crippen LogP contribution < -0.4 is 10.5 Å². The molecule has 1 aliphatic rings. The standard InChI is InChI=1S/C13H14N4O2/c1-13(2)6-8-5-7(3-4-9(8)19-13)10-11(12(14)18)16-17-15-10/h3-5H,6H2,1-2H3,(H2,14,18)(H,15,16,17). The number of nitrogens with one attached hydrogen (secondary N) is 1. The van der Waals surface area contributed by atoms with Gasteiger partial charge in [0, 0.05) is 12.0 Å². The van der Waals surface area contributed by atoms with Gasteiger partial charge in [-0.3, -0.25) is 4.79 Å². The molecule has 0 bridgehead atoms. The van der Waals surface area contributed by atoms with Crippen LogP contribution >= 0.6 is 0 Å². The highest BCUT2D eigenvalue weighted by atomic mass is 16.5. The van der Waals surface area contributed by atoms with Gasteiger partial charge in [0.1, 0.15) is 17.0 Å². The summed E-state index contributed by atoms with van der Waals surface area (Å²) >= 11 is 0. The largest absolute Gasteiger partial charge is 0.487 e. The number of hydrogen-bond acceptors (Lipinski definition) is 4. The van der Waals surface area contributed by atoms with Crippen molar-refractivity contribution in [3.63, 3.8) is 0 Å². The topological polar surface area (TPSA) is 93.9 Å². The van der Waals surface area contributed by atoms with Crippen LogP contribution in [0.5, 0.6) is 5.75 Å². The molecule has 0 aliphatic carbocycles. The number of primary amides is 1. The Hall–Kier alpha value is -2.37. The summed E-state index contributed by atoms with van der Waals surface area (Å²) in [6, 6.07) is 5.71. The number of aromatic nitrogens is 3. The van der Waals surface area contributed by atoms with Gasteiger partial charge in [-0.15, -0.1) is 0 Å². The third-order valence-corrected chi connectivity index (χ3v) is 3.12. The normalized spacial score (nSPS) is 15.9. The van der Waals surface area contributed by atoms with Crippen LogP contribution in [0.2, 0.25) is 0 Å². The Balaban J connectivity index is 2.05. The fraction of sp³-hybridized carbons (Fsp3) is 0.308. The van der Waals surface area contributed by atoms with E-state index in [9.17, 15) is 4.79 Å². The molecule has 1 aliphatic heterocycles. The van der Waals surface area contributed by atoms with Crippen molar-refractivity contribution in [3.05, 3.63) is 29.5 Å². The van der Waals surface area contributed by atoms with Crippen LogP contribution in [-0.4, -0.2) is 26.9 Å². The van der Waals surface area contributed by atoms with Crippen molar-refractivity contribution in [1.82, 2.24) is 15.4 Å². The van der Waals surface area contributed by atoms with Crippen molar-refractivity contribution < 1.29 is 9.53 Å². The van der Waals surface area contributed by atoms with Crippen LogP contribution in [0.1, 0.15) is 29.9 Å². The van der Waals surface area contributed by atoms with E-state index < -0.39 is 5.91 Å². The maximum atomic E-state index is 11.3. The number of nitrogens with zero attached hydrogens (tertiary/aromatic N) is 2. The molecular weight excluding hydrogens is 244 g/mol. The number of carbonyl (C=O) groups is 1. The number of H-pyrrole nitrogens is 1. The minimum Gasteiger partial charge on any atom is -0.487 e. The SMILES string of the molecule is CC1(C)Cc2cc(-c3n[nH]nc3C(N)=O)ccc2O1. The Morgan fingerprint density at radius 1 is 1.42 bits per heavy atom. The summed E-state index contributed by atoms with van der Waals surface area (Å²) in [5.74, 6) is 0.277. The highest BCUT2D eigenvalue weighted by Gasteiger charge is 2.30. The van der Waals surface area contributed by atoms with E-state index in [1.165, 1.54) is 0 Å². The Labute approximate surface area is 110 Å². The second-order valence-corrected chi connectivity index (χ2v) is 5.25. The lowest BCUT2D eigenvalue weighted by molar-refractivity contribution is 0.0996. The molecule has 1 aromatic heterocycles. The second kappa shape index (κ2) is 3.81. The lowest BCUT2D eigenvalue weighted by Crippen LogP contribution is -2.24. The highest BCUT2D eigenvalue weighted by molar-refractivity contribution is 5.96. The van der Waals surface area contributed by atoms with Gasteiger partial charge in [0.05, 0.1) is 0 Å². The van der Waals surface area contributed by atoms with Crippen LogP contribution in [0.3, 0.4) is 0 Å². The van der Waals surface area contributed by atoms with Gasteiger partial charge in [0.15, 0.2) is 5.69 Å². The number of fused-ring (bicyclic) bond motifs is 1. The maximum absolute atomic E-state index is 11.3.